The number of rotatable bonds is 17. The van der Waals surface area contributed by atoms with Crippen LogP contribution in [0.2, 0.25) is 0 Å². The van der Waals surface area contributed by atoms with E-state index in [9.17, 15) is 0 Å². The Bertz CT molecular complexity index is 143. The summed E-state index contributed by atoms with van der Waals surface area (Å²) in [6, 6.07) is 0. The van der Waals surface area contributed by atoms with Crippen LogP contribution in [0.4, 0.5) is 0 Å². The fourth-order valence-corrected chi connectivity index (χ4v) is 3.09. The molecule has 0 aromatic rings. The van der Waals surface area contributed by atoms with Crippen molar-refractivity contribution in [1.82, 2.24) is 0 Å². The third kappa shape index (κ3) is 18.6. The van der Waals surface area contributed by atoms with Gasteiger partial charge in [-0.25, -0.2) is 0 Å². The summed E-state index contributed by atoms with van der Waals surface area (Å²) < 4.78 is 0. The molecule has 0 fully saturated rings. The third-order valence-electron chi connectivity index (χ3n) is 4.04. The van der Waals surface area contributed by atoms with Crippen molar-refractivity contribution in [2.24, 2.45) is 0 Å². The molecule has 0 radical (unpaired) electrons. The Kier molecular flexibility index (Phi) is 20.3. The van der Waals surface area contributed by atoms with Crippen molar-refractivity contribution >= 4 is 24.2 Å². The van der Waals surface area contributed by atoms with Crippen molar-refractivity contribution in [2.75, 3.05) is 11.6 Å². The molecule has 0 amide bonds. The lowest BCUT2D eigenvalue weighted by Crippen LogP contribution is -1.84. The first-order valence-electron chi connectivity index (χ1n) is 9.08. The lowest BCUT2D eigenvalue weighted by molar-refractivity contribution is 0.532. The molecule has 20 heavy (non-hydrogen) atoms. The average Bonchev–Trinajstić information content (AvgIpc) is 2.47. The lowest BCUT2D eigenvalue weighted by Gasteiger charge is -2.03. The molecule has 0 heterocycles. The van der Waals surface area contributed by atoms with E-state index in [4.69, 9.17) is 11.6 Å². The van der Waals surface area contributed by atoms with Gasteiger partial charge >= 0.3 is 0 Å². The number of unbranched alkanes of at least 4 members (excludes halogenated alkanes) is 15. The van der Waals surface area contributed by atoms with Crippen LogP contribution in [0.25, 0.3) is 0 Å². The van der Waals surface area contributed by atoms with E-state index in [1.807, 2.05) is 0 Å². The van der Waals surface area contributed by atoms with Crippen molar-refractivity contribution in [3.63, 3.8) is 0 Å². The largest absolute Gasteiger partial charge is 0.179 e. The Morgan fingerprint density at radius 2 is 0.650 bits per heavy atom. The number of halogens is 1. The van der Waals surface area contributed by atoms with Crippen molar-refractivity contribution in [3.05, 3.63) is 0 Å². The molecule has 0 atom stereocenters. The summed E-state index contributed by atoms with van der Waals surface area (Å²) >= 11 is 9.91. The number of thiol groups is 1. The van der Waals surface area contributed by atoms with Gasteiger partial charge in [-0.2, -0.15) is 12.6 Å². The molecule has 0 bridgehead atoms. The first kappa shape index (κ1) is 20.6. The Balaban J connectivity index is 2.89. The van der Waals surface area contributed by atoms with Crippen LogP contribution in [0.15, 0.2) is 0 Å². The fourth-order valence-electron chi connectivity index (χ4n) is 2.68. The van der Waals surface area contributed by atoms with E-state index in [-0.39, 0.29) is 0 Å². The Labute approximate surface area is 138 Å². The van der Waals surface area contributed by atoms with Gasteiger partial charge in [0.15, 0.2) is 0 Å². The minimum atomic E-state index is 0.842. The molecular formula is C18H37ClS. The van der Waals surface area contributed by atoms with Gasteiger partial charge in [-0.15, -0.1) is 11.6 Å². The van der Waals surface area contributed by atoms with Gasteiger partial charge in [-0.3, -0.25) is 0 Å². The van der Waals surface area contributed by atoms with Crippen LogP contribution in [-0.4, -0.2) is 11.6 Å². The Morgan fingerprint density at radius 3 is 0.900 bits per heavy atom. The maximum atomic E-state index is 5.66. The summed E-state index contributed by atoms with van der Waals surface area (Å²) in [6.45, 7) is 0. The summed E-state index contributed by atoms with van der Waals surface area (Å²) in [5.41, 5.74) is 0. The van der Waals surface area contributed by atoms with Crippen LogP contribution in [0.5, 0.6) is 0 Å². The summed E-state index contributed by atoms with van der Waals surface area (Å²) in [4.78, 5) is 0. The van der Waals surface area contributed by atoms with E-state index in [0.717, 1.165) is 11.6 Å². The summed E-state index contributed by atoms with van der Waals surface area (Å²) in [6.07, 6.45) is 22.5. The molecule has 0 saturated heterocycles. The molecule has 0 aliphatic carbocycles. The first-order chi connectivity index (χ1) is 9.91. The van der Waals surface area contributed by atoms with Crippen LogP contribution in [-0.2, 0) is 0 Å². The zero-order valence-corrected chi connectivity index (χ0v) is 15.2. The van der Waals surface area contributed by atoms with E-state index in [1.54, 1.807) is 0 Å². The maximum Gasteiger partial charge on any atom is 0.0223 e. The molecule has 0 rings (SSSR count). The summed E-state index contributed by atoms with van der Waals surface area (Å²) in [5.74, 6) is 1.90. The molecule has 0 aromatic carbocycles. The van der Waals surface area contributed by atoms with Gasteiger partial charge < -0.3 is 0 Å². The SMILES string of the molecule is SCCCCCCCCCCCCCCCCCCCl. The third-order valence-corrected chi connectivity index (χ3v) is 4.63. The first-order valence-corrected chi connectivity index (χ1v) is 10.3. The highest BCUT2D eigenvalue weighted by Gasteiger charge is 1.94. The van der Waals surface area contributed by atoms with Crippen molar-refractivity contribution in [1.29, 1.82) is 0 Å². The van der Waals surface area contributed by atoms with Crippen LogP contribution in [0, 0.1) is 0 Å². The van der Waals surface area contributed by atoms with E-state index in [2.05, 4.69) is 12.6 Å². The molecule has 2 heteroatoms. The van der Waals surface area contributed by atoms with Crippen LogP contribution < -0.4 is 0 Å². The zero-order valence-electron chi connectivity index (χ0n) is 13.6. The molecule has 0 spiro atoms. The van der Waals surface area contributed by atoms with E-state index >= 15 is 0 Å². The van der Waals surface area contributed by atoms with E-state index in [0.29, 0.717) is 0 Å². The highest BCUT2D eigenvalue weighted by Crippen LogP contribution is 2.13. The number of alkyl halides is 1. The van der Waals surface area contributed by atoms with E-state index < -0.39 is 0 Å². The predicted octanol–water partition coefficient (Wildman–Crippen LogP) is 7.40. The van der Waals surface area contributed by atoms with Crippen molar-refractivity contribution in [2.45, 2.75) is 103 Å². The topological polar surface area (TPSA) is 0 Å². The second-order valence-electron chi connectivity index (χ2n) is 6.07. The average molecular weight is 321 g/mol. The minimum Gasteiger partial charge on any atom is -0.179 e. The van der Waals surface area contributed by atoms with Crippen LogP contribution >= 0.6 is 24.2 Å². The van der Waals surface area contributed by atoms with Gasteiger partial charge in [0, 0.05) is 5.88 Å². The second kappa shape index (κ2) is 19.6. The molecule has 0 aliphatic rings. The molecule has 0 saturated carbocycles. The normalized spacial score (nSPS) is 11.1. The van der Waals surface area contributed by atoms with Gasteiger partial charge in [0.2, 0.25) is 0 Å². The molecule has 122 valence electrons. The Hall–Kier alpha value is 0.640. The molecule has 0 N–H and O–H groups in total. The molecule has 0 aliphatic heterocycles. The standard InChI is InChI=1S/C18H37ClS/c19-17-15-13-11-9-7-5-3-1-2-4-6-8-10-12-14-16-18-20/h20H,1-18H2. The van der Waals surface area contributed by atoms with Gasteiger partial charge in [0.1, 0.15) is 0 Å². The highest BCUT2D eigenvalue weighted by molar-refractivity contribution is 7.80. The highest BCUT2D eigenvalue weighted by atomic mass is 35.5. The molecule has 0 aromatic heterocycles. The van der Waals surface area contributed by atoms with Crippen molar-refractivity contribution < 1.29 is 0 Å². The summed E-state index contributed by atoms with van der Waals surface area (Å²) in [5, 5.41) is 0. The lowest BCUT2D eigenvalue weighted by atomic mass is 10.0. The summed E-state index contributed by atoms with van der Waals surface area (Å²) in [7, 11) is 0. The van der Waals surface area contributed by atoms with E-state index in [1.165, 1.54) is 103 Å². The quantitative estimate of drug-likeness (QED) is 0.161. The molecule has 0 unspecified atom stereocenters. The van der Waals surface area contributed by atoms with Crippen molar-refractivity contribution in [3.8, 4) is 0 Å². The smallest absolute Gasteiger partial charge is 0.0223 e. The van der Waals surface area contributed by atoms with Crippen LogP contribution in [0.1, 0.15) is 103 Å². The minimum absolute atomic E-state index is 0.842. The zero-order chi connectivity index (χ0) is 14.7. The fraction of sp³-hybridized carbons (Fsp3) is 1.00. The van der Waals surface area contributed by atoms with Crippen LogP contribution in [0.3, 0.4) is 0 Å². The van der Waals surface area contributed by atoms with Gasteiger partial charge in [-0.05, 0) is 18.6 Å². The number of hydrogen-bond donors (Lipinski definition) is 1. The van der Waals surface area contributed by atoms with Gasteiger partial charge in [0.05, 0.1) is 0 Å². The Morgan fingerprint density at radius 1 is 0.400 bits per heavy atom. The molecule has 0 nitrogen and oxygen atoms in total. The second-order valence-corrected chi connectivity index (χ2v) is 6.89. The van der Waals surface area contributed by atoms with Gasteiger partial charge in [0.25, 0.3) is 0 Å². The van der Waals surface area contributed by atoms with Gasteiger partial charge in [-0.1, -0.05) is 89.9 Å². The monoisotopic (exact) mass is 320 g/mol. The maximum absolute atomic E-state index is 5.66. The molecular weight excluding hydrogens is 284 g/mol. The number of hydrogen-bond acceptors (Lipinski definition) is 1. The predicted molar refractivity (Wildman–Crippen MR) is 98.4 cm³/mol.